The smallest absolute Gasteiger partial charge is 0.272 e. The first kappa shape index (κ1) is 29.8. The Morgan fingerprint density at radius 1 is 0.930 bits per heavy atom. The second-order valence-corrected chi connectivity index (χ2v) is 11.7. The Hall–Kier alpha value is -4.71. The molecule has 2 heterocycles. The molecule has 3 amide bonds. The number of carbonyl (C=O) groups excluding carboxylic acids is 3. The number of carbonyl (C=O) groups is 3. The predicted molar refractivity (Wildman–Crippen MR) is 175 cm³/mol. The number of nitrogens with zero attached hydrogens (tertiary/aromatic N) is 1. The molecule has 0 spiro atoms. The second-order valence-electron chi connectivity index (χ2n) is 9.02. The molecule has 0 fully saturated rings. The minimum Gasteiger partial charge on any atom is -0.497 e. The summed E-state index contributed by atoms with van der Waals surface area (Å²) in [5, 5.41) is 14.6. The van der Waals surface area contributed by atoms with Crippen molar-refractivity contribution in [2.45, 2.75) is 4.90 Å². The number of hydrogen-bond donors (Lipinski definition) is 3. The maximum absolute atomic E-state index is 13.1. The standard InChI is InChI=1S/C32H26N4O4S3/c1-40-25-9-5-8-23(17-25)28-19-43-32(35-28)36-29(37)20-42-26-12-10-24(11-13-26)33-31(39)27(16-21-14-15-41-18-21)34-30(38)22-6-3-2-4-7-22/h2-19H,20H2,1H3,(H,33,39)(H,34,38)(H,35,36,37)/b27-16-. The zero-order valence-electron chi connectivity index (χ0n) is 22.9. The first-order valence-corrected chi connectivity index (χ1v) is 15.8. The van der Waals surface area contributed by atoms with Crippen LogP contribution in [0.4, 0.5) is 10.8 Å². The van der Waals surface area contributed by atoms with E-state index in [-0.39, 0.29) is 23.3 Å². The molecule has 0 radical (unpaired) electrons. The molecule has 0 saturated carbocycles. The Kier molecular flexibility index (Phi) is 10.0. The molecule has 0 aliphatic rings. The van der Waals surface area contributed by atoms with Gasteiger partial charge in [0, 0.05) is 27.1 Å². The molecule has 8 nitrogen and oxygen atoms in total. The molecule has 0 unspecified atom stereocenters. The second kappa shape index (κ2) is 14.5. The average molecular weight is 627 g/mol. The van der Waals surface area contributed by atoms with Gasteiger partial charge in [-0.2, -0.15) is 11.3 Å². The van der Waals surface area contributed by atoms with E-state index in [9.17, 15) is 14.4 Å². The number of nitrogens with one attached hydrogen (secondary N) is 3. The number of thiazole rings is 1. The first-order valence-electron chi connectivity index (χ1n) is 13.0. The number of ether oxygens (including phenoxy) is 1. The van der Waals surface area contributed by atoms with E-state index in [4.69, 9.17) is 4.74 Å². The van der Waals surface area contributed by atoms with E-state index in [1.165, 1.54) is 34.4 Å². The van der Waals surface area contributed by atoms with E-state index in [1.807, 2.05) is 64.7 Å². The number of benzene rings is 3. The lowest BCUT2D eigenvalue weighted by Gasteiger charge is -2.11. The van der Waals surface area contributed by atoms with E-state index in [0.29, 0.717) is 16.4 Å². The van der Waals surface area contributed by atoms with Gasteiger partial charge < -0.3 is 20.7 Å². The number of thioether (sulfide) groups is 1. The van der Waals surface area contributed by atoms with Crippen molar-refractivity contribution in [3.8, 4) is 17.0 Å². The Balaban J connectivity index is 1.15. The van der Waals surface area contributed by atoms with Crippen molar-refractivity contribution in [1.82, 2.24) is 10.3 Å². The zero-order chi connectivity index (χ0) is 30.0. The Bertz CT molecular complexity index is 1730. The van der Waals surface area contributed by atoms with Crippen LogP contribution in [0.3, 0.4) is 0 Å². The molecule has 0 aliphatic carbocycles. The molecule has 5 aromatic rings. The molecular weight excluding hydrogens is 601 g/mol. The monoisotopic (exact) mass is 626 g/mol. The van der Waals surface area contributed by atoms with E-state index in [1.54, 1.807) is 49.6 Å². The van der Waals surface area contributed by atoms with Crippen molar-refractivity contribution in [3.05, 3.63) is 118 Å². The van der Waals surface area contributed by atoms with Crippen molar-refractivity contribution in [3.63, 3.8) is 0 Å². The predicted octanol–water partition coefficient (Wildman–Crippen LogP) is 7.02. The van der Waals surface area contributed by atoms with Gasteiger partial charge in [-0.3, -0.25) is 14.4 Å². The van der Waals surface area contributed by atoms with Gasteiger partial charge in [0.2, 0.25) is 5.91 Å². The third-order valence-corrected chi connectivity index (χ3v) is 8.45. The summed E-state index contributed by atoms with van der Waals surface area (Å²) in [5.74, 6) is -0.0725. The highest BCUT2D eigenvalue weighted by Gasteiger charge is 2.15. The van der Waals surface area contributed by atoms with Gasteiger partial charge in [0.1, 0.15) is 11.4 Å². The molecule has 0 saturated heterocycles. The van der Waals surface area contributed by atoms with Gasteiger partial charge in [-0.05, 0) is 77.0 Å². The number of hydrogen-bond acceptors (Lipinski definition) is 8. The quantitative estimate of drug-likeness (QED) is 0.107. The number of thiophene rings is 1. The van der Waals surface area contributed by atoms with Crippen molar-refractivity contribution in [2.24, 2.45) is 0 Å². The lowest BCUT2D eigenvalue weighted by Crippen LogP contribution is -2.30. The molecule has 216 valence electrons. The third-order valence-electron chi connectivity index (χ3n) is 5.98. The van der Waals surface area contributed by atoms with Gasteiger partial charge in [-0.25, -0.2) is 4.98 Å². The minimum absolute atomic E-state index is 0.124. The van der Waals surface area contributed by atoms with Gasteiger partial charge in [-0.15, -0.1) is 23.1 Å². The minimum atomic E-state index is -0.452. The van der Waals surface area contributed by atoms with Crippen molar-refractivity contribution in [2.75, 3.05) is 23.5 Å². The van der Waals surface area contributed by atoms with E-state index in [0.717, 1.165) is 27.5 Å². The summed E-state index contributed by atoms with van der Waals surface area (Å²) in [7, 11) is 1.61. The van der Waals surface area contributed by atoms with Crippen LogP contribution < -0.4 is 20.7 Å². The molecule has 0 aliphatic heterocycles. The topological polar surface area (TPSA) is 109 Å². The lowest BCUT2D eigenvalue weighted by molar-refractivity contribution is -0.114. The van der Waals surface area contributed by atoms with Crippen LogP contribution in [-0.4, -0.2) is 35.6 Å². The van der Waals surface area contributed by atoms with Crippen LogP contribution in [-0.2, 0) is 9.59 Å². The molecule has 43 heavy (non-hydrogen) atoms. The number of amides is 3. The number of methoxy groups -OCH3 is 1. The summed E-state index contributed by atoms with van der Waals surface area (Å²) >= 11 is 4.22. The normalized spacial score (nSPS) is 11.0. The van der Waals surface area contributed by atoms with E-state index >= 15 is 0 Å². The molecule has 2 aromatic heterocycles. The van der Waals surface area contributed by atoms with Crippen LogP contribution in [0, 0.1) is 0 Å². The SMILES string of the molecule is COc1cccc(-c2csc(NC(=O)CSc3ccc(NC(=O)/C(=C/c4ccsc4)NC(=O)c4ccccc4)cc3)n2)c1. The van der Waals surface area contributed by atoms with Crippen molar-refractivity contribution in [1.29, 1.82) is 0 Å². The highest BCUT2D eigenvalue weighted by molar-refractivity contribution is 8.00. The maximum atomic E-state index is 13.1. The summed E-state index contributed by atoms with van der Waals surface area (Å²) in [5.41, 5.74) is 3.60. The number of rotatable bonds is 11. The fourth-order valence-electron chi connectivity index (χ4n) is 3.85. The third kappa shape index (κ3) is 8.41. The van der Waals surface area contributed by atoms with Gasteiger partial charge in [0.25, 0.3) is 11.8 Å². The Morgan fingerprint density at radius 2 is 1.74 bits per heavy atom. The molecule has 0 atom stereocenters. The van der Waals surface area contributed by atoms with Crippen molar-refractivity contribution >= 4 is 69.1 Å². The van der Waals surface area contributed by atoms with Gasteiger partial charge in [0.05, 0.1) is 18.6 Å². The van der Waals surface area contributed by atoms with Crippen LogP contribution >= 0.6 is 34.4 Å². The molecule has 3 aromatic carbocycles. The van der Waals surface area contributed by atoms with Gasteiger partial charge in [-0.1, -0.05) is 30.3 Å². The summed E-state index contributed by atoms with van der Waals surface area (Å²) in [4.78, 5) is 43.8. The van der Waals surface area contributed by atoms with Crippen LogP contribution in [0.5, 0.6) is 5.75 Å². The molecule has 5 rings (SSSR count). The average Bonchev–Trinajstić information content (AvgIpc) is 3.73. The highest BCUT2D eigenvalue weighted by Crippen LogP contribution is 2.28. The lowest BCUT2D eigenvalue weighted by atomic mass is 10.2. The van der Waals surface area contributed by atoms with E-state index in [2.05, 4.69) is 20.9 Å². The summed E-state index contributed by atoms with van der Waals surface area (Å²) in [6.07, 6.45) is 1.64. The van der Waals surface area contributed by atoms with Gasteiger partial charge in [0.15, 0.2) is 5.13 Å². The Morgan fingerprint density at radius 3 is 2.49 bits per heavy atom. The fraction of sp³-hybridized carbons (Fsp3) is 0.0625. The molecule has 11 heteroatoms. The van der Waals surface area contributed by atoms with E-state index < -0.39 is 5.91 Å². The van der Waals surface area contributed by atoms with Crippen LogP contribution in [0.1, 0.15) is 15.9 Å². The van der Waals surface area contributed by atoms with Gasteiger partial charge >= 0.3 is 0 Å². The fourth-order valence-corrected chi connectivity index (χ4v) is 5.90. The largest absolute Gasteiger partial charge is 0.497 e. The molecule has 0 bridgehead atoms. The molecule has 3 N–H and O–H groups in total. The van der Waals surface area contributed by atoms with Crippen LogP contribution in [0.25, 0.3) is 17.3 Å². The number of aromatic nitrogens is 1. The summed E-state index contributed by atoms with van der Waals surface area (Å²) in [6, 6.07) is 25.3. The summed E-state index contributed by atoms with van der Waals surface area (Å²) in [6.45, 7) is 0. The van der Waals surface area contributed by atoms with Crippen molar-refractivity contribution < 1.29 is 19.1 Å². The molecular formula is C32H26N4O4S3. The summed E-state index contributed by atoms with van der Waals surface area (Å²) < 4.78 is 5.27. The van der Waals surface area contributed by atoms with Crippen LogP contribution in [0.2, 0.25) is 0 Å². The Labute approximate surface area is 260 Å². The highest BCUT2D eigenvalue weighted by atomic mass is 32.2. The van der Waals surface area contributed by atoms with Crippen LogP contribution in [0.15, 0.2) is 112 Å². The maximum Gasteiger partial charge on any atom is 0.272 e. The first-order chi connectivity index (χ1) is 21.0. The zero-order valence-corrected chi connectivity index (χ0v) is 25.4. The number of anilines is 2.